The minimum atomic E-state index is -4.46. The van der Waals surface area contributed by atoms with Crippen molar-refractivity contribution >= 4 is 23.2 Å². The van der Waals surface area contributed by atoms with Gasteiger partial charge in [0, 0.05) is 24.4 Å². The number of piperidine rings is 1. The first-order chi connectivity index (χ1) is 12.7. The van der Waals surface area contributed by atoms with Gasteiger partial charge in [-0.2, -0.15) is 13.2 Å². The van der Waals surface area contributed by atoms with E-state index in [0.29, 0.717) is 36.5 Å². The number of thiazole rings is 1. The van der Waals surface area contributed by atoms with E-state index < -0.39 is 17.8 Å². The van der Waals surface area contributed by atoms with Crippen LogP contribution in [0.2, 0.25) is 0 Å². The fraction of sp³-hybridized carbons (Fsp3) is 0.389. The molecule has 1 unspecified atom stereocenters. The van der Waals surface area contributed by atoms with Crippen LogP contribution in [-0.2, 0) is 17.4 Å². The first-order valence-electron chi connectivity index (χ1n) is 8.36. The zero-order chi connectivity index (χ0) is 19.6. The highest BCUT2D eigenvalue weighted by molar-refractivity contribution is 7.09. The molecule has 1 N–H and O–H groups in total. The van der Waals surface area contributed by atoms with E-state index >= 15 is 0 Å². The van der Waals surface area contributed by atoms with Crippen LogP contribution in [0.3, 0.4) is 0 Å². The average Bonchev–Trinajstić information content (AvgIpc) is 3.12. The number of alkyl halides is 3. The van der Waals surface area contributed by atoms with E-state index in [1.54, 1.807) is 17.0 Å². The Kier molecular flexibility index (Phi) is 5.50. The normalized spacial score (nSPS) is 17.7. The molecule has 0 radical (unpaired) electrons. The zero-order valence-electron chi connectivity index (χ0n) is 14.2. The summed E-state index contributed by atoms with van der Waals surface area (Å²) < 4.78 is 38.2. The molecule has 1 aliphatic heterocycles. The summed E-state index contributed by atoms with van der Waals surface area (Å²) in [5, 5.41) is 10.4. The van der Waals surface area contributed by atoms with E-state index in [1.165, 1.54) is 12.1 Å². The average molecular weight is 398 g/mol. The van der Waals surface area contributed by atoms with Crippen LogP contribution in [0.4, 0.5) is 13.2 Å². The highest BCUT2D eigenvalue weighted by Crippen LogP contribution is 2.35. The van der Waals surface area contributed by atoms with Crippen LogP contribution >= 0.6 is 11.3 Å². The summed E-state index contributed by atoms with van der Waals surface area (Å²) in [4.78, 5) is 28.9. The molecule has 1 amide bonds. The van der Waals surface area contributed by atoms with E-state index in [0.717, 1.165) is 16.7 Å². The van der Waals surface area contributed by atoms with Crippen LogP contribution in [0.5, 0.6) is 0 Å². The molecule has 9 heteroatoms. The minimum absolute atomic E-state index is 0.0551. The van der Waals surface area contributed by atoms with Crippen molar-refractivity contribution in [2.45, 2.75) is 31.4 Å². The van der Waals surface area contributed by atoms with Crippen molar-refractivity contribution in [1.29, 1.82) is 0 Å². The summed E-state index contributed by atoms with van der Waals surface area (Å²) >= 11 is 0.971. The molecule has 1 aromatic carbocycles. The van der Waals surface area contributed by atoms with Crippen molar-refractivity contribution in [2.24, 2.45) is 0 Å². The Morgan fingerprint density at radius 1 is 1.33 bits per heavy atom. The Morgan fingerprint density at radius 3 is 2.78 bits per heavy atom. The van der Waals surface area contributed by atoms with E-state index in [4.69, 9.17) is 5.11 Å². The maximum Gasteiger partial charge on any atom is 0.434 e. The van der Waals surface area contributed by atoms with Crippen LogP contribution in [0.1, 0.15) is 45.4 Å². The van der Waals surface area contributed by atoms with Gasteiger partial charge < -0.3 is 10.0 Å². The van der Waals surface area contributed by atoms with Crippen LogP contribution in [0, 0.1) is 0 Å². The molecule has 0 saturated carbocycles. The molecule has 1 atom stereocenters. The first-order valence-corrected chi connectivity index (χ1v) is 9.24. The third-order valence-corrected chi connectivity index (χ3v) is 5.47. The standard InChI is InChI=1S/C18H17F3N2O3S/c19-18(20,21)14-10-27-16(22-14)13-5-2-6-23(9-13)15(24)8-11-3-1-4-12(7-11)17(25)26/h1,3-4,7,10,13H,2,5-6,8-9H2,(H,25,26). The Balaban J connectivity index is 1.67. The molecule has 0 spiro atoms. The molecule has 1 fully saturated rings. The smallest absolute Gasteiger partial charge is 0.434 e. The number of carboxylic acid groups (broad SMARTS) is 1. The lowest BCUT2D eigenvalue weighted by atomic mass is 9.98. The van der Waals surface area contributed by atoms with Crippen molar-refractivity contribution in [3.63, 3.8) is 0 Å². The Bertz CT molecular complexity index is 850. The van der Waals surface area contributed by atoms with Gasteiger partial charge in [0.05, 0.1) is 17.0 Å². The number of aromatic nitrogens is 1. The predicted molar refractivity (Wildman–Crippen MR) is 92.8 cm³/mol. The van der Waals surface area contributed by atoms with Gasteiger partial charge in [-0.15, -0.1) is 11.3 Å². The van der Waals surface area contributed by atoms with E-state index in [2.05, 4.69) is 4.98 Å². The van der Waals surface area contributed by atoms with E-state index in [1.807, 2.05) is 0 Å². The maximum atomic E-state index is 12.7. The summed E-state index contributed by atoms with van der Waals surface area (Å²) in [6.07, 6.45) is -3.04. The van der Waals surface area contributed by atoms with Gasteiger partial charge in [0.25, 0.3) is 0 Å². The third-order valence-electron chi connectivity index (χ3n) is 4.47. The minimum Gasteiger partial charge on any atom is -0.478 e. The second kappa shape index (κ2) is 7.67. The fourth-order valence-corrected chi connectivity index (χ4v) is 4.07. The first kappa shape index (κ1) is 19.3. The summed E-state index contributed by atoms with van der Waals surface area (Å²) in [7, 11) is 0. The lowest BCUT2D eigenvalue weighted by Gasteiger charge is -2.32. The molecule has 1 saturated heterocycles. The second-order valence-corrected chi connectivity index (χ2v) is 7.32. The number of hydrogen-bond acceptors (Lipinski definition) is 4. The lowest BCUT2D eigenvalue weighted by Crippen LogP contribution is -2.40. The van der Waals surface area contributed by atoms with Gasteiger partial charge in [0.15, 0.2) is 5.69 Å². The fourth-order valence-electron chi connectivity index (χ4n) is 3.11. The number of rotatable bonds is 4. The van der Waals surface area contributed by atoms with Gasteiger partial charge >= 0.3 is 12.1 Å². The quantitative estimate of drug-likeness (QED) is 0.850. The van der Waals surface area contributed by atoms with Gasteiger partial charge in [-0.3, -0.25) is 4.79 Å². The second-order valence-electron chi connectivity index (χ2n) is 6.43. The summed E-state index contributed by atoms with van der Waals surface area (Å²) in [5.41, 5.74) is -0.189. The molecule has 2 heterocycles. The zero-order valence-corrected chi connectivity index (χ0v) is 15.0. The molecule has 1 aromatic heterocycles. The topological polar surface area (TPSA) is 70.5 Å². The van der Waals surface area contributed by atoms with Crippen molar-refractivity contribution in [1.82, 2.24) is 9.88 Å². The number of likely N-dealkylation sites (tertiary alicyclic amines) is 1. The van der Waals surface area contributed by atoms with Crippen molar-refractivity contribution in [3.05, 3.63) is 51.5 Å². The van der Waals surface area contributed by atoms with Gasteiger partial charge in [-0.1, -0.05) is 12.1 Å². The predicted octanol–water partition coefficient (Wildman–Crippen LogP) is 3.81. The highest BCUT2D eigenvalue weighted by Gasteiger charge is 2.35. The summed E-state index contributed by atoms with van der Waals surface area (Å²) in [5.74, 6) is -1.45. The summed E-state index contributed by atoms with van der Waals surface area (Å²) in [6.45, 7) is 0.855. The van der Waals surface area contributed by atoms with Crippen molar-refractivity contribution in [3.8, 4) is 0 Å². The molecule has 144 valence electrons. The van der Waals surface area contributed by atoms with Crippen LogP contribution in [-0.4, -0.2) is 40.0 Å². The number of aromatic carboxylic acids is 1. The number of carboxylic acids is 1. The van der Waals surface area contributed by atoms with E-state index in [9.17, 15) is 22.8 Å². The molecule has 27 heavy (non-hydrogen) atoms. The van der Waals surface area contributed by atoms with Gasteiger partial charge in [-0.25, -0.2) is 9.78 Å². The maximum absolute atomic E-state index is 12.7. The monoisotopic (exact) mass is 398 g/mol. The molecule has 0 bridgehead atoms. The number of carbonyl (C=O) groups is 2. The molecule has 2 aromatic rings. The Morgan fingerprint density at radius 2 is 2.11 bits per heavy atom. The summed E-state index contributed by atoms with van der Waals surface area (Å²) in [6, 6.07) is 6.17. The van der Waals surface area contributed by atoms with Crippen LogP contribution in [0.25, 0.3) is 0 Å². The largest absolute Gasteiger partial charge is 0.478 e. The van der Waals surface area contributed by atoms with Crippen molar-refractivity contribution in [2.75, 3.05) is 13.1 Å². The van der Waals surface area contributed by atoms with Gasteiger partial charge in [0.2, 0.25) is 5.91 Å². The molecular weight excluding hydrogens is 381 g/mol. The van der Waals surface area contributed by atoms with E-state index in [-0.39, 0.29) is 23.8 Å². The number of nitrogens with zero attached hydrogens (tertiary/aromatic N) is 2. The Labute approximate surface area is 157 Å². The lowest BCUT2D eigenvalue weighted by molar-refractivity contribution is -0.141. The third kappa shape index (κ3) is 4.65. The SMILES string of the molecule is O=C(O)c1cccc(CC(=O)N2CCCC(c3nc(C(F)(F)F)cs3)C2)c1. The van der Waals surface area contributed by atoms with Gasteiger partial charge in [0.1, 0.15) is 0 Å². The number of carbonyl (C=O) groups excluding carboxylic acids is 1. The number of hydrogen-bond donors (Lipinski definition) is 1. The number of benzene rings is 1. The number of amides is 1. The molecular formula is C18H17F3N2O3S. The molecule has 1 aliphatic rings. The Hall–Kier alpha value is -2.42. The highest BCUT2D eigenvalue weighted by atomic mass is 32.1. The van der Waals surface area contributed by atoms with Gasteiger partial charge in [-0.05, 0) is 30.5 Å². The van der Waals surface area contributed by atoms with Crippen molar-refractivity contribution < 1.29 is 27.9 Å². The van der Waals surface area contributed by atoms with Crippen LogP contribution in [0.15, 0.2) is 29.6 Å². The molecule has 3 rings (SSSR count). The van der Waals surface area contributed by atoms with Crippen LogP contribution < -0.4 is 0 Å². The number of halogens is 3. The molecule has 5 nitrogen and oxygen atoms in total. The molecule has 0 aliphatic carbocycles.